The Hall–Kier alpha value is -1.99. The number of anilines is 1. The van der Waals surface area contributed by atoms with Crippen molar-refractivity contribution >= 4 is 56.2 Å². The Morgan fingerprint density at radius 2 is 2.07 bits per heavy atom. The normalized spacial score (nSPS) is 19.9. The fraction of sp³-hybridized carbons (Fsp3) is 0.381. The summed E-state index contributed by atoms with van der Waals surface area (Å²) >= 11 is 5.04. The van der Waals surface area contributed by atoms with Crippen molar-refractivity contribution in [1.82, 2.24) is 4.90 Å². The molecular weight excluding hydrogens is 438 g/mol. The number of likely N-dealkylation sites (tertiary alicyclic amines) is 1. The Morgan fingerprint density at radius 1 is 1.25 bits per heavy atom. The van der Waals surface area contributed by atoms with Crippen LogP contribution in [-0.4, -0.2) is 41.6 Å². The number of rotatable bonds is 3. The Balaban J connectivity index is 1.63. The van der Waals surface area contributed by atoms with Crippen LogP contribution in [-0.2, 0) is 9.59 Å². The van der Waals surface area contributed by atoms with Crippen molar-refractivity contribution in [2.24, 2.45) is 4.99 Å². The highest BCUT2D eigenvalue weighted by Crippen LogP contribution is 2.34. The van der Waals surface area contributed by atoms with Gasteiger partial charge in [0.25, 0.3) is 0 Å². The minimum Gasteiger partial charge on any atom is -0.338 e. The maximum atomic E-state index is 13.1. The Morgan fingerprint density at radius 3 is 2.82 bits per heavy atom. The standard InChI is InChI=1S/C21H22BrN3O2S/c1-14-6-4-5-11-24(14)21(27)13-25-17-8-3-2-7-15(17)23-16(12-20(25)26)18-9-10-19(22)28-18/h2-3,7-10,14H,4-6,11-13H2,1H3. The largest absolute Gasteiger partial charge is 0.338 e. The zero-order valence-corrected chi connectivity index (χ0v) is 18.1. The van der Waals surface area contributed by atoms with Crippen molar-refractivity contribution in [3.63, 3.8) is 0 Å². The van der Waals surface area contributed by atoms with Crippen LogP contribution in [0.15, 0.2) is 45.2 Å². The van der Waals surface area contributed by atoms with Crippen molar-refractivity contribution < 1.29 is 9.59 Å². The molecule has 2 aromatic rings. The number of halogens is 1. The van der Waals surface area contributed by atoms with Gasteiger partial charge in [-0.15, -0.1) is 11.3 Å². The molecule has 1 unspecified atom stereocenters. The number of amides is 2. The van der Waals surface area contributed by atoms with Crippen LogP contribution >= 0.6 is 27.3 Å². The summed E-state index contributed by atoms with van der Waals surface area (Å²) in [5, 5.41) is 0. The molecule has 1 saturated heterocycles. The van der Waals surface area contributed by atoms with Crippen LogP contribution in [0.2, 0.25) is 0 Å². The molecule has 0 N–H and O–H groups in total. The Bertz CT molecular complexity index is 939. The minimum absolute atomic E-state index is 0.0117. The third-order valence-electron chi connectivity index (χ3n) is 5.32. The molecule has 0 radical (unpaired) electrons. The maximum Gasteiger partial charge on any atom is 0.242 e. The van der Waals surface area contributed by atoms with E-state index in [0.29, 0.717) is 5.69 Å². The second-order valence-electron chi connectivity index (χ2n) is 7.24. The third kappa shape index (κ3) is 3.91. The second-order valence-corrected chi connectivity index (χ2v) is 9.70. The van der Waals surface area contributed by atoms with E-state index in [9.17, 15) is 9.59 Å². The van der Waals surface area contributed by atoms with Gasteiger partial charge in [0.05, 0.1) is 32.2 Å². The van der Waals surface area contributed by atoms with Gasteiger partial charge in [0.15, 0.2) is 0 Å². The lowest BCUT2D eigenvalue weighted by atomic mass is 10.0. The minimum atomic E-state index is -0.0914. The molecule has 0 saturated carbocycles. The summed E-state index contributed by atoms with van der Waals surface area (Å²) in [6, 6.07) is 11.7. The highest BCUT2D eigenvalue weighted by molar-refractivity contribution is 9.11. The molecule has 5 nitrogen and oxygen atoms in total. The molecule has 28 heavy (non-hydrogen) atoms. The fourth-order valence-electron chi connectivity index (χ4n) is 3.82. The summed E-state index contributed by atoms with van der Waals surface area (Å²) in [6.45, 7) is 2.93. The molecule has 4 rings (SSSR count). The molecule has 1 atom stereocenters. The van der Waals surface area contributed by atoms with Crippen LogP contribution < -0.4 is 4.90 Å². The fourth-order valence-corrected chi connectivity index (χ4v) is 5.20. The molecule has 0 aliphatic carbocycles. The number of benzene rings is 1. The number of fused-ring (bicyclic) bond motifs is 1. The zero-order chi connectivity index (χ0) is 19.7. The number of hydrogen-bond donors (Lipinski definition) is 0. The summed E-state index contributed by atoms with van der Waals surface area (Å²) in [5.41, 5.74) is 2.18. The first-order valence-corrected chi connectivity index (χ1v) is 11.2. The molecule has 2 aliphatic rings. The van der Waals surface area contributed by atoms with Gasteiger partial charge >= 0.3 is 0 Å². The van der Waals surface area contributed by atoms with Crippen molar-refractivity contribution in [1.29, 1.82) is 0 Å². The van der Waals surface area contributed by atoms with Crippen molar-refractivity contribution in [2.75, 3.05) is 18.0 Å². The van der Waals surface area contributed by atoms with Gasteiger partial charge in [0.2, 0.25) is 11.8 Å². The lowest BCUT2D eigenvalue weighted by Gasteiger charge is -2.35. The first-order valence-electron chi connectivity index (χ1n) is 9.55. The van der Waals surface area contributed by atoms with Crippen LogP contribution in [0, 0.1) is 0 Å². The molecule has 1 aromatic carbocycles. The van der Waals surface area contributed by atoms with E-state index in [1.165, 1.54) is 0 Å². The van der Waals surface area contributed by atoms with Crippen molar-refractivity contribution in [2.45, 2.75) is 38.6 Å². The number of thiophene rings is 1. The number of carbonyl (C=O) groups is 2. The van der Waals surface area contributed by atoms with Gasteiger partial charge < -0.3 is 9.80 Å². The van der Waals surface area contributed by atoms with E-state index >= 15 is 0 Å². The molecule has 2 amide bonds. The number of aliphatic imine (C=N–C) groups is 1. The lowest BCUT2D eigenvalue weighted by molar-refractivity contribution is -0.134. The van der Waals surface area contributed by atoms with E-state index in [2.05, 4.69) is 22.9 Å². The SMILES string of the molecule is CC1CCCCN1C(=O)CN1C(=O)CC(c2ccc(Br)s2)=Nc2ccccc21. The monoisotopic (exact) mass is 459 g/mol. The highest BCUT2D eigenvalue weighted by Gasteiger charge is 2.30. The predicted molar refractivity (Wildman–Crippen MR) is 117 cm³/mol. The summed E-state index contributed by atoms with van der Waals surface area (Å²) < 4.78 is 1.00. The molecular formula is C21H22BrN3O2S. The first-order chi connectivity index (χ1) is 13.5. The number of carbonyl (C=O) groups excluding carboxylic acids is 2. The summed E-state index contributed by atoms with van der Waals surface area (Å²) in [5.74, 6) is -0.0797. The van der Waals surface area contributed by atoms with E-state index in [0.717, 1.165) is 45.9 Å². The van der Waals surface area contributed by atoms with E-state index in [-0.39, 0.29) is 30.8 Å². The molecule has 7 heteroatoms. The number of para-hydroxylation sites is 2. The summed E-state index contributed by atoms with van der Waals surface area (Å²) in [6.07, 6.45) is 3.40. The second kappa shape index (κ2) is 8.17. The van der Waals surface area contributed by atoms with Gasteiger partial charge in [-0.1, -0.05) is 12.1 Å². The topological polar surface area (TPSA) is 53.0 Å². The molecule has 0 spiro atoms. The number of piperidine rings is 1. The quantitative estimate of drug-likeness (QED) is 0.663. The smallest absolute Gasteiger partial charge is 0.242 e. The molecule has 146 valence electrons. The Kier molecular flexibility index (Phi) is 5.64. The average Bonchev–Trinajstić information content (AvgIpc) is 3.07. The van der Waals surface area contributed by atoms with Crippen LogP contribution in [0.1, 0.15) is 37.5 Å². The first kappa shape index (κ1) is 19.3. The lowest BCUT2D eigenvalue weighted by Crippen LogP contribution is -2.48. The van der Waals surface area contributed by atoms with Crippen molar-refractivity contribution in [3.05, 3.63) is 45.1 Å². The molecule has 1 fully saturated rings. The Labute approximate surface area is 177 Å². The predicted octanol–water partition coefficient (Wildman–Crippen LogP) is 4.77. The van der Waals surface area contributed by atoms with Gasteiger partial charge in [0, 0.05) is 12.6 Å². The van der Waals surface area contributed by atoms with Gasteiger partial charge in [0.1, 0.15) is 6.54 Å². The van der Waals surface area contributed by atoms with E-state index in [4.69, 9.17) is 4.99 Å². The molecule has 1 aromatic heterocycles. The average molecular weight is 460 g/mol. The van der Waals surface area contributed by atoms with E-state index in [1.54, 1.807) is 16.2 Å². The molecule has 0 bridgehead atoms. The molecule has 3 heterocycles. The van der Waals surface area contributed by atoms with Crippen molar-refractivity contribution in [3.8, 4) is 0 Å². The van der Waals surface area contributed by atoms with Gasteiger partial charge in [-0.2, -0.15) is 0 Å². The van der Waals surface area contributed by atoms with Crippen LogP contribution in [0.3, 0.4) is 0 Å². The van der Waals surface area contributed by atoms with Crippen LogP contribution in [0.5, 0.6) is 0 Å². The molecule has 2 aliphatic heterocycles. The number of hydrogen-bond acceptors (Lipinski definition) is 4. The van der Waals surface area contributed by atoms with Crippen LogP contribution in [0.25, 0.3) is 0 Å². The third-order valence-corrected chi connectivity index (χ3v) is 6.99. The summed E-state index contributed by atoms with van der Waals surface area (Å²) in [7, 11) is 0. The summed E-state index contributed by atoms with van der Waals surface area (Å²) in [4.78, 5) is 35.4. The van der Waals surface area contributed by atoms with Gasteiger partial charge in [-0.3, -0.25) is 9.59 Å². The number of nitrogens with zero attached hydrogens (tertiary/aromatic N) is 3. The highest BCUT2D eigenvalue weighted by atomic mass is 79.9. The van der Waals surface area contributed by atoms with E-state index < -0.39 is 0 Å². The van der Waals surface area contributed by atoms with Crippen LogP contribution in [0.4, 0.5) is 11.4 Å². The zero-order valence-electron chi connectivity index (χ0n) is 15.7. The van der Waals surface area contributed by atoms with E-state index in [1.807, 2.05) is 41.3 Å². The van der Waals surface area contributed by atoms with Gasteiger partial charge in [-0.25, -0.2) is 4.99 Å². The van der Waals surface area contributed by atoms with Gasteiger partial charge in [-0.05, 0) is 66.4 Å². The maximum absolute atomic E-state index is 13.1.